The van der Waals surface area contributed by atoms with Crippen molar-refractivity contribution < 1.29 is 0 Å². The summed E-state index contributed by atoms with van der Waals surface area (Å²) >= 11 is 0. The minimum Gasteiger partial charge on any atom is -0.275 e. The molecule has 1 aliphatic rings. The lowest BCUT2D eigenvalue weighted by Crippen LogP contribution is -1.89. The molecular formula is C9H16N2. The molecule has 1 heterocycles. The molecule has 0 saturated carbocycles. The van der Waals surface area contributed by atoms with Crippen molar-refractivity contribution in [2.75, 3.05) is 0 Å². The zero-order valence-corrected chi connectivity index (χ0v) is 7.59. The largest absolute Gasteiger partial charge is 0.275 e. The van der Waals surface area contributed by atoms with Gasteiger partial charge in [-0.15, -0.1) is 0 Å². The summed E-state index contributed by atoms with van der Waals surface area (Å²) in [5.74, 6) is 0. The van der Waals surface area contributed by atoms with Gasteiger partial charge < -0.3 is 0 Å². The lowest BCUT2D eigenvalue weighted by molar-refractivity contribution is 0.727. The summed E-state index contributed by atoms with van der Waals surface area (Å²) < 4.78 is 1.91. The Morgan fingerprint density at radius 1 is 1.36 bits per heavy atom. The molecular weight excluding hydrogens is 136 g/mol. The van der Waals surface area contributed by atoms with Gasteiger partial charge in [-0.25, -0.2) is 0 Å². The Kier molecular flexibility index (Phi) is 2.69. The van der Waals surface area contributed by atoms with Gasteiger partial charge in [0.05, 0.1) is 5.69 Å². The third kappa shape index (κ3) is 1.62. The van der Waals surface area contributed by atoms with Crippen molar-refractivity contribution in [3.05, 3.63) is 17.5 Å². The Balaban J connectivity index is 0.000000281. The fourth-order valence-corrected chi connectivity index (χ4v) is 1.45. The molecule has 2 rings (SSSR count). The predicted octanol–water partition coefficient (Wildman–Crippen LogP) is 1.93. The van der Waals surface area contributed by atoms with E-state index < -0.39 is 0 Å². The molecule has 1 aromatic heterocycles. The summed E-state index contributed by atoms with van der Waals surface area (Å²) in [5, 5.41) is 4.31. The molecule has 0 spiro atoms. The lowest BCUT2D eigenvalue weighted by atomic mass is 10.3. The molecule has 0 atom stereocenters. The van der Waals surface area contributed by atoms with Gasteiger partial charge in [0.25, 0.3) is 0 Å². The molecule has 0 radical (unpaired) electrons. The average Bonchev–Trinajstić information content (AvgIpc) is 2.51. The molecule has 0 amide bonds. The Morgan fingerprint density at radius 3 is 2.73 bits per heavy atom. The highest BCUT2D eigenvalue weighted by Crippen LogP contribution is 2.18. The van der Waals surface area contributed by atoms with Crippen molar-refractivity contribution in [3.8, 4) is 0 Å². The average molecular weight is 152 g/mol. The van der Waals surface area contributed by atoms with Gasteiger partial charge in [-0.1, -0.05) is 13.8 Å². The molecule has 2 nitrogen and oxygen atoms in total. The number of aromatic nitrogens is 2. The SMILES string of the molecule is CC.Cn1cc2c(n1)CCC2. The maximum absolute atomic E-state index is 4.31. The van der Waals surface area contributed by atoms with E-state index in [0.29, 0.717) is 0 Å². The Bertz CT molecular complexity index is 204. The molecule has 0 aromatic carbocycles. The normalized spacial score (nSPS) is 13.7. The van der Waals surface area contributed by atoms with Crippen molar-refractivity contribution >= 4 is 0 Å². The zero-order valence-electron chi connectivity index (χ0n) is 7.59. The summed E-state index contributed by atoms with van der Waals surface area (Å²) in [5.41, 5.74) is 2.77. The van der Waals surface area contributed by atoms with Gasteiger partial charge in [-0.3, -0.25) is 4.68 Å². The number of hydrogen-bond donors (Lipinski definition) is 0. The van der Waals surface area contributed by atoms with Crippen LogP contribution in [0, 0.1) is 0 Å². The maximum Gasteiger partial charge on any atom is 0.0656 e. The number of rotatable bonds is 0. The molecule has 62 valence electrons. The number of nitrogens with zero attached hydrogens (tertiary/aromatic N) is 2. The summed E-state index contributed by atoms with van der Waals surface area (Å²) in [4.78, 5) is 0. The van der Waals surface area contributed by atoms with E-state index in [2.05, 4.69) is 11.3 Å². The fraction of sp³-hybridized carbons (Fsp3) is 0.667. The highest BCUT2D eigenvalue weighted by molar-refractivity contribution is 5.21. The second kappa shape index (κ2) is 3.56. The first-order valence-electron chi connectivity index (χ1n) is 4.37. The van der Waals surface area contributed by atoms with E-state index in [-0.39, 0.29) is 0 Å². The second-order valence-electron chi connectivity index (χ2n) is 2.63. The quantitative estimate of drug-likeness (QED) is 0.555. The van der Waals surface area contributed by atoms with Crippen LogP contribution in [0.15, 0.2) is 6.20 Å². The molecule has 0 unspecified atom stereocenters. The van der Waals surface area contributed by atoms with E-state index in [4.69, 9.17) is 0 Å². The monoisotopic (exact) mass is 152 g/mol. The number of aryl methyl sites for hydroxylation is 3. The van der Waals surface area contributed by atoms with E-state index >= 15 is 0 Å². The zero-order chi connectivity index (χ0) is 8.27. The van der Waals surface area contributed by atoms with Crippen LogP contribution in [0.5, 0.6) is 0 Å². The smallest absolute Gasteiger partial charge is 0.0656 e. The van der Waals surface area contributed by atoms with Crippen LogP contribution in [0.2, 0.25) is 0 Å². The molecule has 11 heavy (non-hydrogen) atoms. The van der Waals surface area contributed by atoms with Gasteiger partial charge >= 0.3 is 0 Å². The molecule has 1 aromatic rings. The molecule has 0 aliphatic heterocycles. The van der Waals surface area contributed by atoms with E-state index in [0.717, 1.165) is 0 Å². The Hall–Kier alpha value is -0.790. The van der Waals surface area contributed by atoms with Crippen LogP contribution in [0.4, 0.5) is 0 Å². The molecule has 0 fully saturated rings. The van der Waals surface area contributed by atoms with Gasteiger partial charge in [-0.2, -0.15) is 5.10 Å². The minimum atomic E-state index is 1.19. The summed E-state index contributed by atoms with van der Waals surface area (Å²) in [6, 6.07) is 0. The topological polar surface area (TPSA) is 17.8 Å². The standard InChI is InChI=1S/C7H10N2.C2H6/c1-9-5-6-3-2-4-7(6)8-9;1-2/h5H,2-4H2,1H3;1-2H3. The van der Waals surface area contributed by atoms with Gasteiger partial charge in [0.1, 0.15) is 0 Å². The Morgan fingerprint density at radius 2 is 2.09 bits per heavy atom. The summed E-state index contributed by atoms with van der Waals surface area (Å²) in [7, 11) is 1.98. The van der Waals surface area contributed by atoms with E-state index in [1.54, 1.807) is 0 Å². The van der Waals surface area contributed by atoms with Crippen LogP contribution in [0.1, 0.15) is 31.5 Å². The molecule has 0 saturated heterocycles. The first kappa shape index (κ1) is 8.31. The third-order valence-electron chi connectivity index (χ3n) is 1.85. The van der Waals surface area contributed by atoms with Crippen molar-refractivity contribution in [2.24, 2.45) is 7.05 Å². The van der Waals surface area contributed by atoms with E-state index in [1.165, 1.54) is 30.5 Å². The van der Waals surface area contributed by atoms with Crippen LogP contribution in [-0.4, -0.2) is 9.78 Å². The lowest BCUT2D eigenvalue weighted by Gasteiger charge is -1.85. The van der Waals surface area contributed by atoms with Gasteiger partial charge in [0.15, 0.2) is 0 Å². The molecule has 0 bridgehead atoms. The first-order valence-corrected chi connectivity index (χ1v) is 4.37. The van der Waals surface area contributed by atoms with Gasteiger partial charge in [0.2, 0.25) is 0 Å². The molecule has 0 N–H and O–H groups in total. The third-order valence-corrected chi connectivity index (χ3v) is 1.85. The Labute approximate surface area is 68.2 Å². The first-order chi connectivity index (χ1) is 5.36. The fourth-order valence-electron chi connectivity index (χ4n) is 1.45. The summed E-state index contributed by atoms with van der Waals surface area (Å²) in [6.45, 7) is 4.00. The molecule has 1 aliphatic carbocycles. The number of hydrogen-bond acceptors (Lipinski definition) is 1. The maximum atomic E-state index is 4.31. The van der Waals surface area contributed by atoms with Crippen LogP contribution >= 0.6 is 0 Å². The highest BCUT2D eigenvalue weighted by atomic mass is 15.3. The summed E-state index contributed by atoms with van der Waals surface area (Å²) in [6.07, 6.45) is 5.86. The van der Waals surface area contributed by atoms with Crippen molar-refractivity contribution in [1.29, 1.82) is 0 Å². The number of fused-ring (bicyclic) bond motifs is 1. The van der Waals surface area contributed by atoms with Crippen LogP contribution in [0.25, 0.3) is 0 Å². The molecule has 2 heteroatoms. The van der Waals surface area contributed by atoms with Gasteiger partial charge in [-0.05, 0) is 24.8 Å². The van der Waals surface area contributed by atoms with Crippen molar-refractivity contribution in [2.45, 2.75) is 33.1 Å². The van der Waals surface area contributed by atoms with Crippen molar-refractivity contribution in [1.82, 2.24) is 9.78 Å². The van der Waals surface area contributed by atoms with Crippen LogP contribution in [-0.2, 0) is 19.9 Å². The van der Waals surface area contributed by atoms with E-state index in [1.807, 2.05) is 25.6 Å². The van der Waals surface area contributed by atoms with Gasteiger partial charge in [0, 0.05) is 13.2 Å². The van der Waals surface area contributed by atoms with Crippen LogP contribution < -0.4 is 0 Å². The highest BCUT2D eigenvalue weighted by Gasteiger charge is 2.12. The van der Waals surface area contributed by atoms with Crippen molar-refractivity contribution in [3.63, 3.8) is 0 Å². The minimum absolute atomic E-state index is 1.19. The second-order valence-corrected chi connectivity index (χ2v) is 2.63. The van der Waals surface area contributed by atoms with E-state index in [9.17, 15) is 0 Å². The van der Waals surface area contributed by atoms with Crippen LogP contribution in [0.3, 0.4) is 0 Å². The predicted molar refractivity (Wildman–Crippen MR) is 46.6 cm³/mol.